The lowest BCUT2D eigenvalue weighted by Crippen LogP contribution is -2.59. The summed E-state index contributed by atoms with van der Waals surface area (Å²) in [5.74, 6) is -0.356. The summed E-state index contributed by atoms with van der Waals surface area (Å²) in [7, 11) is 0. The first kappa shape index (κ1) is 19.7. The summed E-state index contributed by atoms with van der Waals surface area (Å²) < 4.78 is 5.39. The summed E-state index contributed by atoms with van der Waals surface area (Å²) in [5, 5.41) is 14.6. The van der Waals surface area contributed by atoms with E-state index >= 15 is 0 Å². The van der Waals surface area contributed by atoms with Crippen molar-refractivity contribution in [2.45, 2.75) is 53.5 Å². The molecule has 0 unspecified atom stereocenters. The van der Waals surface area contributed by atoms with E-state index in [0.29, 0.717) is 25.7 Å². The van der Waals surface area contributed by atoms with Gasteiger partial charge in [0.05, 0.1) is 17.6 Å². The Labute approximate surface area is 127 Å². The Morgan fingerprint density at radius 2 is 1.71 bits per heavy atom. The molecule has 0 spiro atoms. The van der Waals surface area contributed by atoms with E-state index in [1.165, 1.54) is 0 Å². The van der Waals surface area contributed by atoms with Crippen molar-refractivity contribution in [3.63, 3.8) is 0 Å². The summed E-state index contributed by atoms with van der Waals surface area (Å²) in [6.07, 6.45) is 0.992. The fourth-order valence-electron chi connectivity index (χ4n) is 1.41. The molecule has 6 nitrogen and oxygen atoms in total. The van der Waals surface area contributed by atoms with Gasteiger partial charge in [-0.3, -0.25) is 4.79 Å². The maximum Gasteiger partial charge on any atom is 0.315 e. The van der Waals surface area contributed by atoms with Crippen LogP contribution >= 0.6 is 0 Å². The first-order valence-corrected chi connectivity index (χ1v) is 7.38. The molecule has 0 atom stereocenters. The topological polar surface area (TPSA) is 87.7 Å². The number of aliphatic carboxylic acids is 1. The minimum absolute atomic E-state index is 0.387. The van der Waals surface area contributed by atoms with Gasteiger partial charge in [-0.25, -0.2) is 4.79 Å². The number of nitrogens with one attached hydrogen (secondary N) is 2. The van der Waals surface area contributed by atoms with Gasteiger partial charge in [0.1, 0.15) is 0 Å². The molecule has 0 heterocycles. The quantitative estimate of drug-likeness (QED) is 0.570. The van der Waals surface area contributed by atoms with Crippen LogP contribution in [0, 0.1) is 11.3 Å². The van der Waals surface area contributed by atoms with Gasteiger partial charge < -0.3 is 20.5 Å². The molecule has 0 aliphatic rings. The highest BCUT2D eigenvalue weighted by molar-refractivity contribution is 5.79. The summed E-state index contributed by atoms with van der Waals surface area (Å²) in [5.41, 5.74) is -1.94. The zero-order valence-electron chi connectivity index (χ0n) is 14.1. The van der Waals surface area contributed by atoms with Crippen molar-refractivity contribution in [3.8, 4) is 0 Å². The first-order chi connectivity index (χ1) is 9.50. The molecule has 0 saturated heterocycles. The third-order valence-corrected chi connectivity index (χ3v) is 3.89. The standard InChI is InChI=1S/C15H30N2O4/c1-11(2)7-9-21-10-8-16-13(20)17-15(5,6)14(3,4)12(18)19/h11H,7-10H2,1-6H3,(H,18,19)(H2,16,17,20). The predicted octanol–water partition coefficient (Wildman–Crippen LogP) is 2.24. The molecule has 0 rings (SSSR count). The highest BCUT2D eigenvalue weighted by Crippen LogP contribution is 2.30. The van der Waals surface area contributed by atoms with Crippen LogP contribution in [0.25, 0.3) is 0 Å². The van der Waals surface area contributed by atoms with E-state index in [0.717, 1.165) is 6.42 Å². The molecular weight excluding hydrogens is 272 g/mol. The number of amides is 2. The number of hydrogen-bond donors (Lipinski definition) is 3. The number of carbonyl (C=O) groups excluding carboxylic acids is 1. The Morgan fingerprint density at radius 3 is 2.19 bits per heavy atom. The summed E-state index contributed by atoms with van der Waals surface area (Å²) in [6, 6.07) is -0.387. The number of hydrogen-bond acceptors (Lipinski definition) is 3. The van der Waals surface area contributed by atoms with Crippen molar-refractivity contribution in [1.82, 2.24) is 10.6 Å². The van der Waals surface area contributed by atoms with Crippen LogP contribution in [0.15, 0.2) is 0 Å². The van der Waals surface area contributed by atoms with Gasteiger partial charge in [-0.2, -0.15) is 0 Å². The number of rotatable bonds is 9. The smallest absolute Gasteiger partial charge is 0.315 e. The predicted molar refractivity (Wildman–Crippen MR) is 82.3 cm³/mol. The maximum atomic E-state index is 11.8. The van der Waals surface area contributed by atoms with Crippen LogP contribution < -0.4 is 10.6 Å². The molecular formula is C15H30N2O4. The van der Waals surface area contributed by atoms with Crippen LogP contribution in [0.5, 0.6) is 0 Å². The van der Waals surface area contributed by atoms with Crippen LogP contribution in [0.4, 0.5) is 4.79 Å². The largest absolute Gasteiger partial charge is 0.481 e. The lowest BCUT2D eigenvalue weighted by molar-refractivity contribution is -0.150. The van der Waals surface area contributed by atoms with E-state index in [-0.39, 0.29) is 6.03 Å². The normalized spacial score (nSPS) is 12.3. The second kappa shape index (κ2) is 8.22. The first-order valence-electron chi connectivity index (χ1n) is 7.38. The molecule has 6 heteroatoms. The van der Waals surface area contributed by atoms with Crippen molar-refractivity contribution < 1.29 is 19.4 Å². The van der Waals surface area contributed by atoms with Crippen molar-refractivity contribution in [2.24, 2.45) is 11.3 Å². The molecule has 124 valence electrons. The Hall–Kier alpha value is -1.30. The molecule has 0 aliphatic heterocycles. The van der Waals surface area contributed by atoms with Gasteiger partial charge in [0, 0.05) is 13.2 Å². The van der Waals surface area contributed by atoms with Gasteiger partial charge in [0.2, 0.25) is 0 Å². The van der Waals surface area contributed by atoms with E-state index in [4.69, 9.17) is 4.74 Å². The third kappa shape index (κ3) is 6.80. The molecule has 0 aromatic rings. The number of urea groups is 1. The molecule has 0 saturated carbocycles. The van der Waals surface area contributed by atoms with Gasteiger partial charge in [-0.05, 0) is 40.0 Å². The van der Waals surface area contributed by atoms with Gasteiger partial charge in [-0.15, -0.1) is 0 Å². The number of carboxylic acid groups (broad SMARTS) is 1. The van der Waals surface area contributed by atoms with Crippen LogP contribution in [0.3, 0.4) is 0 Å². The van der Waals surface area contributed by atoms with E-state index < -0.39 is 16.9 Å². The Morgan fingerprint density at radius 1 is 1.14 bits per heavy atom. The highest BCUT2D eigenvalue weighted by atomic mass is 16.5. The minimum atomic E-state index is -1.07. The van der Waals surface area contributed by atoms with Crippen LogP contribution in [-0.2, 0) is 9.53 Å². The summed E-state index contributed by atoms with van der Waals surface area (Å²) in [6.45, 7) is 12.3. The van der Waals surface area contributed by atoms with Crippen molar-refractivity contribution in [3.05, 3.63) is 0 Å². The van der Waals surface area contributed by atoms with Crippen molar-refractivity contribution in [1.29, 1.82) is 0 Å². The summed E-state index contributed by atoms with van der Waals surface area (Å²) in [4.78, 5) is 23.0. The molecule has 21 heavy (non-hydrogen) atoms. The highest BCUT2D eigenvalue weighted by Gasteiger charge is 2.44. The fraction of sp³-hybridized carbons (Fsp3) is 0.867. The van der Waals surface area contributed by atoms with Crippen LogP contribution in [-0.4, -0.2) is 42.4 Å². The van der Waals surface area contributed by atoms with Crippen molar-refractivity contribution >= 4 is 12.0 Å². The van der Waals surface area contributed by atoms with E-state index in [1.54, 1.807) is 27.7 Å². The number of carbonyl (C=O) groups is 2. The number of carboxylic acids is 1. The average Bonchev–Trinajstić information content (AvgIpc) is 2.32. The van der Waals surface area contributed by atoms with Gasteiger partial charge in [0.15, 0.2) is 0 Å². The summed E-state index contributed by atoms with van der Waals surface area (Å²) >= 11 is 0. The Bertz CT molecular complexity index is 352. The molecule has 2 amide bonds. The molecule has 0 bridgehead atoms. The fourth-order valence-corrected chi connectivity index (χ4v) is 1.41. The second-order valence-electron chi connectivity index (χ2n) is 6.73. The second-order valence-corrected chi connectivity index (χ2v) is 6.73. The van der Waals surface area contributed by atoms with Gasteiger partial charge in [0.25, 0.3) is 0 Å². The SMILES string of the molecule is CC(C)CCOCCNC(=O)NC(C)(C)C(C)(C)C(=O)O. The van der Waals surface area contributed by atoms with E-state index in [9.17, 15) is 14.7 Å². The lowest BCUT2D eigenvalue weighted by Gasteiger charge is -2.38. The molecule has 0 aromatic heterocycles. The number of ether oxygens (including phenoxy) is 1. The third-order valence-electron chi connectivity index (χ3n) is 3.89. The van der Waals surface area contributed by atoms with Crippen LogP contribution in [0.1, 0.15) is 48.0 Å². The molecule has 0 aliphatic carbocycles. The molecule has 3 N–H and O–H groups in total. The Balaban J connectivity index is 4.06. The molecule has 0 radical (unpaired) electrons. The van der Waals surface area contributed by atoms with Crippen LogP contribution in [0.2, 0.25) is 0 Å². The Kier molecular flexibility index (Phi) is 7.71. The minimum Gasteiger partial charge on any atom is -0.481 e. The molecule has 0 fully saturated rings. The van der Waals surface area contributed by atoms with Gasteiger partial charge in [-0.1, -0.05) is 13.8 Å². The monoisotopic (exact) mass is 302 g/mol. The van der Waals surface area contributed by atoms with E-state index in [2.05, 4.69) is 24.5 Å². The maximum absolute atomic E-state index is 11.8. The molecule has 0 aromatic carbocycles. The lowest BCUT2D eigenvalue weighted by atomic mass is 9.74. The zero-order valence-corrected chi connectivity index (χ0v) is 14.1. The average molecular weight is 302 g/mol. The van der Waals surface area contributed by atoms with Gasteiger partial charge >= 0.3 is 12.0 Å². The van der Waals surface area contributed by atoms with Crippen molar-refractivity contribution in [2.75, 3.05) is 19.8 Å². The zero-order chi connectivity index (χ0) is 16.7. The van der Waals surface area contributed by atoms with E-state index in [1.807, 2.05) is 0 Å².